The summed E-state index contributed by atoms with van der Waals surface area (Å²) >= 11 is 0. The number of unbranched alkanes of at least 4 members (excludes halogenated alkanes) is 1. The molecule has 0 aliphatic rings. The van der Waals surface area contributed by atoms with Gasteiger partial charge >= 0.3 is 5.97 Å². The van der Waals surface area contributed by atoms with Gasteiger partial charge in [0.05, 0.1) is 21.1 Å². The van der Waals surface area contributed by atoms with E-state index >= 15 is 0 Å². The average molecular weight is 214 g/mol. The van der Waals surface area contributed by atoms with Gasteiger partial charge in [0, 0.05) is 12.0 Å². The van der Waals surface area contributed by atoms with Crippen molar-refractivity contribution in [3.63, 3.8) is 0 Å². The molecule has 0 heterocycles. The lowest BCUT2D eigenvalue weighted by Crippen LogP contribution is -2.47. The highest BCUT2D eigenvalue weighted by Crippen LogP contribution is 2.14. The summed E-state index contributed by atoms with van der Waals surface area (Å²) in [5, 5.41) is 0. The molecule has 0 radical (unpaired) electrons. The number of hydrogen-bond acceptors (Lipinski definition) is 2. The fraction of sp³-hybridized carbons (Fsp3) is 0.750. The molecule has 0 saturated heterocycles. The van der Waals surface area contributed by atoms with Crippen LogP contribution in [0.25, 0.3) is 0 Å². The molecule has 15 heavy (non-hydrogen) atoms. The molecule has 3 heteroatoms. The summed E-state index contributed by atoms with van der Waals surface area (Å²) in [5.74, 6) is -0.288. The Hall–Kier alpha value is -0.830. The monoisotopic (exact) mass is 214 g/mol. The zero-order valence-electron chi connectivity index (χ0n) is 10.7. The minimum Gasteiger partial charge on any atom is -0.409 e. The van der Waals surface area contributed by atoms with Crippen molar-refractivity contribution in [3.05, 3.63) is 12.2 Å². The van der Waals surface area contributed by atoms with Crippen LogP contribution < -0.4 is 0 Å². The lowest BCUT2D eigenvalue weighted by atomic mass is 10.2. The lowest BCUT2D eigenvalue weighted by Gasteiger charge is -2.33. The van der Waals surface area contributed by atoms with Crippen LogP contribution in [0.3, 0.4) is 0 Å². The minimum absolute atomic E-state index is 0.0749. The van der Waals surface area contributed by atoms with Crippen LogP contribution in [0, 0.1) is 0 Å². The highest BCUT2D eigenvalue weighted by Gasteiger charge is 2.27. The first-order valence-electron chi connectivity index (χ1n) is 5.46. The highest BCUT2D eigenvalue weighted by molar-refractivity contribution is 5.86. The first kappa shape index (κ1) is 14.2. The van der Waals surface area contributed by atoms with Crippen LogP contribution in [0.1, 0.15) is 33.1 Å². The first-order valence-corrected chi connectivity index (χ1v) is 5.46. The zero-order chi connectivity index (χ0) is 12.1. The van der Waals surface area contributed by atoms with Crippen molar-refractivity contribution in [2.24, 2.45) is 0 Å². The van der Waals surface area contributed by atoms with Gasteiger partial charge in [-0.05, 0) is 13.3 Å². The Balaban J connectivity index is 4.38. The molecular formula is C12H24NO2+. The standard InChI is InChI=1S/C12H24NO2/c1-7-8-9-11(13(4,5)6)15-12(14)10(2)3/h11H,2,7-9H2,1,3-6H3/q+1. The second kappa shape index (κ2) is 5.91. The summed E-state index contributed by atoms with van der Waals surface area (Å²) < 4.78 is 6.05. The third-order valence-electron chi connectivity index (χ3n) is 2.26. The first-order chi connectivity index (χ1) is 6.79. The number of nitrogens with zero attached hydrogens (tertiary/aromatic N) is 1. The van der Waals surface area contributed by atoms with Crippen molar-refractivity contribution in [2.45, 2.75) is 39.3 Å². The number of rotatable bonds is 6. The average Bonchev–Trinajstić information content (AvgIpc) is 2.09. The molecule has 0 N–H and O–H groups in total. The molecule has 0 aromatic carbocycles. The Labute approximate surface area is 93.3 Å². The van der Waals surface area contributed by atoms with Crippen molar-refractivity contribution in [1.82, 2.24) is 0 Å². The van der Waals surface area contributed by atoms with Gasteiger partial charge in [0.15, 0.2) is 0 Å². The molecule has 0 bridgehead atoms. The van der Waals surface area contributed by atoms with Crippen molar-refractivity contribution in [1.29, 1.82) is 0 Å². The van der Waals surface area contributed by atoms with E-state index in [1.807, 2.05) is 21.1 Å². The number of ether oxygens (including phenoxy) is 1. The van der Waals surface area contributed by atoms with E-state index in [0.717, 1.165) is 19.3 Å². The number of carbonyl (C=O) groups excluding carboxylic acids is 1. The Bertz CT molecular complexity index is 228. The predicted molar refractivity (Wildman–Crippen MR) is 62.3 cm³/mol. The lowest BCUT2D eigenvalue weighted by molar-refractivity contribution is -0.917. The maximum absolute atomic E-state index is 11.4. The van der Waals surface area contributed by atoms with Gasteiger partial charge in [0.25, 0.3) is 0 Å². The molecule has 1 atom stereocenters. The molecule has 0 spiro atoms. The van der Waals surface area contributed by atoms with E-state index in [0.29, 0.717) is 10.1 Å². The molecule has 88 valence electrons. The number of quaternary nitrogens is 1. The van der Waals surface area contributed by atoms with E-state index in [1.54, 1.807) is 6.92 Å². The molecule has 0 rings (SSSR count). The van der Waals surface area contributed by atoms with E-state index in [1.165, 1.54) is 0 Å². The molecule has 0 amide bonds. The Kier molecular flexibility index (Phi) is 5.58. The van der Waals surface area contributed by atoms with Crippen LogP contribution in [0.4, 0.5) is 0 Å². The maximum Gasteiger partial charge on any atom is 0.337 e. The fourth-order valence-corrected chi connectivity index (χ4v) is 1.21. The maximum atomic E-state index is 11.4. The van der Waals surface area contributed by atoms with E-state index in [9.17, 15) is 4.79 Å². The Morgan fingerprint density at radius 1 is 1.40 bits per heavy atom. The van der Waals surface area contributed by atoms with Crippen molar-refractivity contribution in [2.75, 3.05) is 21.1 Å². The largest absolute Gasteiger partial charge is 0.409 e. The summed E-state index contributed by atoms with van der Waals surface area (Å²) in [4.78, 5) is 11.4. The van der Waals surface area contributed by atoms with Gasteiger partial charge in [-0.2, -0.15) is 0 Å². The van der Waals surface area contributed by atoms with Crippen LogP contribution in [0.2, 0.25) is 0 Å². The summed E-state index contributed by atoms with van der Waals surface area (Å²) in [6.07, 6.45) is 3.01. The molecule has 1 unspecified atom stereocenters. The number of carbonyl (C=O) groups is 1. The van der Waals surface area contributed by atoms with E-state index < -0.39 is 0 Å². The normalized spacial score (nSPS) is 13.4. The van der Waals surface area contributed by atoms with E-state index in [4.69, 9.17) is 4.74 Å². The van der Waals surface area contributed by atoms with Gasteiger partial charge in [-0.25, -0.2) is 4.79 Å². The van der Waals surface area contributed by atoms with Crippen LogP contribution in [0.15, 0.2) is 12.2 Å². The van der Waals surface area contributed by atoms with Gasteiger partial charge in [0.1, 0.15) is 0 Å². The molecule has 0 aromatic rings. The van der Waals surface area contributed by atoms with Gasteiger partial charge in [-0.15, -0.1) is 0 Å². The van der Waals surface area contributed by atoms with Crippen LogP contribution >= 0.6 is 0 Å². The van der Waals surface area contributed by atoms with E-state index in [-0.39, 0.29) is 12.2 Å². The smallest absolute Gasteiger partial charge is 0.337 e. The van der Waals surface area contributed by atoms with Gasteiger partial charge in [-0.3, -0.25) is 4.48 Å². The van der Waals surface area contributed by atoms with Gasteiger partial charge < -0.3 is 4.74 Å². The second-order valence-corrected chi connectivity index (χ2v) is 4.90. The minimum atomic E-state index is -0.288. The summed E-state index contributed by atoms with van der Waals surface area (Å²) in [5.41, 5.74) is 0.463. The molecule has 0 saturated carbocycles. The Morgan fingerprint density at radius 2 is 1.93 bits per heavy atom. The third-order valence-corrected chi connectivity index (χ3v) is 2.26. The molecular weight excluding hydrogens is 190 g/mol. The molecule has 0 aromatic heterocycles. The van der Waals surface area contributed by atoms with Crippen molar-refractivity contribution in [3.8, 4) is 0 Å². The molecule has 0 aliphatic heterocycles. The molecule has 3 nitrogen and oxygen atoms in total. The predicted octanol–water partition coefficient (Wildman–Crippen LogP) is 2.33. The fourth-order valence-electron chi connectivity index (χ4n) is 1.21. The van der Waals surface area contributed by atoms with Gasteiger partial charge in [0.2, 0.25) is 6.23 Å². The molecule has 0 fully saturated rings. The van der Waals surface area contributed by atoms with E-state index in [2.05, 4.69) is 13.5 Å². The zero-order valence-corrected chi connectivity index (χ0v) is 10.7. The highest BCUT2D eigenvalue weighted by atomic mass is 16.6. The van der Waals surface area contributed by atoms with Crippen LogP contribution in [-0.2, 0) is 9.53 Å². The summed E-state index contributed by atoms with van der Waals surface area (Å²) in [7, 11) is 6.10. The quantitative estimate of drug-likeness (QED) is 0.293. The summed E-state index contributed by atoms with van der Waals surface area (Å²) in [6, 6.07) is 0. The SMILES string of the molecule is C=C(C)C(=O)OC(CCCC)[N+](C)(C)C. The topological polar surface area (TPSA) is 26.3 Å². The molecule has 0 aliphatic carbocycles. The van der Waals surface area contributed by atoms with Crippen LogP contribution in [-0.4, -0.2) is 37.8 Å². The number of esters is 1. The van der Waals surface area contributed by atoms with Crippen LogP contribution in [0.5, 0.6) is 0 Å². The second-order valence-electron chi connectivity index (χ2n) is 4.90. The van der Waals surface area contributed by atoms with Crippen molar-refractivity contribution < 1.29 is 14.0 Å². The number of hydrogen-bond donors (Lipinski definition) is 0. The van der Waals surface area contributed by atoms with Crippen molar-refractivity contribution >= 4 is 5.97 Å². The third kappa shape index (κ3) is 5.57. The summed E-state index contributed by atoms with van der Waals surface area (Å²) in [6.45, 7) is 7.40. The Morgan fingerprint density at radius 3 is 2.27 bits per heavy atom. The van der Waals surface area contributed by atoms with Gasteiger partial charge in [-0.1, -0.05) is 19.9 Å².